The van der Waals surface area contributed by atoms with Crippen LogP contribution in [0.1, 0.15) is 60.2 Å². The maximum absolute atomic E-state index is 10.4. The van der Waals surface area contributed by atoms with E-state index < -0.39 is 6.10 Å². The van der Waals surface area contributed by atoms with E-state index in [1.165, 1.54) is 10.4 Å². The lowest BCUT2D eigenvalue weighted by Gasteiger charge is -2.23. The predicted molar refractivity (Wildman–Crippen MR) is 118 cm³/mol. The number of aliphatic hydroxyl groups is 1. The monoisotopic (exact) mass is 411 g/mol. The van der Waals surface area contributed by atoms with Gasteiger partial charge in [0.1, 0.15) is 16.4 Å². The molecule has 0 saturated heterocycles. The number of aliphatic hydroxyl groups excluding tert-OH is 1. The van der Waals surface area contributed by atoms with Crippen LogP contribution in [0.4, 0.5) is 0 Å². The summed E-state index contributed by atoms with van der Waals surface area (Å²) in [4.78, 5) is 14.2. The van der Waals surface area contributed by atoms with Crippen molar-refractivity contribution in [1.29, 1.82) is 0 Å². The minimum absolute atomic E-state index is 0.406. The highest BCUT2D eigenvalue weighted by atomic mass is 32.1. The van der Waals surface area contributed by atoms with E-state index >= 15 is 0 Å². The Balaban J connectivity index is 1.79. The summed E-state index contributed by atoms with van der Waals surface area (Å²) >= 11 is 1.70. The smallest absolute Gasteiger partial charge is 0.231 e. The van der Waals surface area contributed by atoms with Crippen LogP contribution in [0.5, 0.6) is 11.6 Å². The minimum Gasteiger partial charge on any atom is -0.438 e. The quantitative estimate of drug-likeness (QED) is 0.595. The number of hydrogen-bond donors (Lipinski definition) is 1. The molecule has 0 unspecified atom stereocenters. The molecule has 3 aromatic rings. The van der Waals surface area contributed by atoms with Crippen LogP contribution in [-0.4, -0.2) is 33.1 Å². The standard InChI is InChI=1S/C23H29N3O2S/c1-5-26(6-2)13-20-24-22(21-14(3)15(4)29-23(21)25-20)28-19-12-8-9-16-17(19)10-7-11-18(16)27/h8-9,12,18,27H,5-7,10-11,13H2,1-4H3/t18-/m0/s1. The van der Waals surface area contributed by atoms with E-state index in [-0.39, 0.29) is 0 Å². The Morgan fingerprint density at radius 2 is 2.00 bits per heavy atom. The van der Waals surface area contributed by atoms with E-state index in [1.807, 2.05) is 18.2 Å². The van der Waals surface area contributed by atoms with Crippen LogP contribution in [0, 0.1) is 13.8 Å². The van der Waals surface area contributed by atoms with Crippen molar-refractivity contribution in [2.24, 2.45) is 0 Å². The van der Waals surface area contributed by atoms with Gasteiger partial charge in [-0.25, -0.2) is 4.98 Å². The van der Waals surface area contributed by atoms with Crippen molar-refractivity contribution in [3.8, 4) is 11.6 Å². The zero-order valence-electron chi connectivity index (χ0n) is 17.7. The summed E-state index contributed by atoms with van der Waals surface area (Å²) in [6.45, 7) is 11.2. The third-order valence-electron chi connectivity index (χ3n) is 5.94. The minimum atomic E-state index is -0.406. The Kier molecular flexibility index (Phi) is 5.86. The summed E-state index contributed by atoms with van der Waals surface area (Å²) in [5.41, 5.74) is 3.27. The molecule has 0 radical (unpaired) electrons. The summed E-state index contributed by atoms with van der Waals surface area (Å²) in [7, 11) is 0. The Hall–Kier alpha value is -2.02. The molecule has 2 heterocycles. The average molecular weight is 412 g/mol. The molecule has 0 saturated carbocycles. The highest BCUT2D eigenvalue weighted by molar-refractivity contribution is 7.18. The summed E-state index contributed by atoms with van der Waals surface area (Å²) in [5, 5.41) is 11.4. The third kappa shape index (κ3) is 3.89. The van der Waals surface area contributed by atoms with Crippen LogP contribution in [0.3, 0.4) is 0 Å². The Bertz CT molecular complexity index is 1030. The third-order valence-corrected chi connectivity index (χ3v) is 7.04. The molecule has 0 aliphatic heterocycles. The maximum Gasteiger partial charge on any atom is 0.231 e. The van der Waals surface area contributed by atoms with Crippen molar-refractivity contribution in [2.75, 3.05) is 13.1 Å². The first-order valence-corrected chi connectivity index (χ1v) is 11.3. The number of fused-ring (bicyclic) bond motifs is 2. The fourth-order valence-electron chi connectivity index (χ4n) is 4.04. The topological polar surface area (TPSA) is 58.5 Å². The van der Waals surface area contributed by atoms with Crippen LogP contribution in [0.2, 0.25) is 0 Å². The van der Waals surface area contributed by atoms with Gasteiger partial charge in [-0.05, 0) is 63.4 Å². The molecule has 29 heavy (non-hydrogen) atoms. The molecule has 0 spiro atoms. The van der Waals surface area contributed by atoms with Crippen LogP contribution in [0.25, 0.3) is 10.2 Å². The van der Waals surface area contributed by atoms with E-state index in [9.17, 15) is 5.11 Å². The van der Waals surface area contributed by atoms with Crippen molar-refractivity contribution >= 4 is 21.6 Å². The molecule has 0 fully saturated rings. The van der Waals surface area contributed by atoms with Crippen molar-refractivity contribution < 1.29 is 9.84 Å². The first-order chi connectivity index (χ1) is 14.0. The molecular weight excluding hydrogens is 382 g/mol. The van der Waals surface area contributed by atoms with E-state index in [0.29, 0.717) is 12.4 Å². The second kappa shape index (κ2) is 8.38. The molecule has 1 aliphatic carbocycles. The van der Waals surface area contributed by atoms with Gasteiger partial charge < -0.3 is 9.84 Å². The molecule has 1 atom stereocenters. The molecule has 2 aromatic heterocycles. The van der Waals surface area contributed by atoms with Gasteiger partial charge in [0.15, 0.2) is 0 Å². The van der Waals surface area contributed by atoms with Crippen molar-refractivity contribution in [3.05, 3.63) is 45.6 Å². The van der Waals surface area contributed by atoms with Crippen molar-refractivity contribution in [1.82, 2.24) is 14.9 Å². The second-order valence-corrected chi connectivity index (χ2v) is 8.91. The summed E-state index contributed by atoms with van der Waals surface area (Å²) < 4.78 is 6.45. The first kappa shape index (κ1) is 20.3. The molecule has 1 aliphatic rings. The largest absolute Gasteiger partial charge is 0.438 e. The number of nitrogens with zero attached hydrogens (tertiary/aromatic N) is 3. The number of thiophene rings is 1. The van der Waals surface area contributed by atoms with Gasteiger partial charge >= 0.3 is 0 Å². The molecule has 0 bridgehead atoms. The predicted octanol–water partition coefficient (Wildman–Crippen LogP) is 5.31. The van der Waals surface area contributed by atoms with Gasteiger partial charge in [0.25, 0.3) is 0 Å². The van der Waals surface area contributed by atoms with Crippen molar-refractivity contribution in [2.45, 2.75) is 59.6 Å². The molecule has 0 amide bonds. The number of ether oxygens (including phenoxy) is 1. The van der Waals surface area contributed by atoms with Gasteiger partial charge in [-0.2, -0.15) is 4.98 Å². The second-order valence-electron chi connectivity index (χ2n) is 7.70. The fraction of sp³-hybridized carbons (Fsp3) is 0.478. The molecule has 4 rings (SSSR count). The summed E-state index contributed by atoms with van der Waals surface area (Å²) in [6.07, 6.45) is 2.30. The molecule has 1 N–H and O–H groups in total. The highest BCUT2D eigenvalue weighted by Gasteiger charge is 2.23. The fourth-order valence-corrected chi connectivity index (χ4v) is 5.08. The normalized spacial score (nSPS) is 16.4. The van der Waals surface area contributed by atoms with Gasteiger partial charge in [-0.15, -0.1) is 11.3 Å². The zero-order valence-corrected chi connectivity index (χ0v) is 18.5. The summed E-state index contributed by atoms with van der Waals surface area (Å²) in [6, 6.07) is 5.96. The van der Waals surface area contributed by atoms with E-state index in [4.69, 9.17) is 14.7 Å². The highest BCUT2D eigenvalue weighted by Crippen LogP contribution is 2.40. The average Bonchev–Trinajstić information content (AvgIpc) is 3.00. The summed E-state index contributed by atoms with van der Waals surface area (Å²) in [5.74, 6) is 2.23. The zero-order chi connectivity index (χ0) is 20.5. The van der Waals surface area contributed by atoms with Crippen LogP contribution >= 0.6 is 11.3 Å². The lowest BCUT2D eigenvalue weighted by molar-refractivity contribution is 0.156. The van der Waals surface area contributed by atoms with Crippen LogP contribution in [0.15, 0.2) is 18.2 Å². The Labute approximate surface area is 176 Å². The molecule has 1 aromatic carbocycles. The van der Waals surface area contributed by atoms with Gasteiger partial charge in [0.05, 0.1) is 18.0 Å². The van der Waals surface area contributed by atoms with Gasteiger partial charge in [-0.1, -0.05) is 26.0 Å². The lowest BCUT2D eigenvalue weighted by atomic mass is 9.89. The molecular formula is C23H29N3O2S. The lowest BCUT2D eigenvalue weighted by Crippen LogP contribution is -2.23. The van der Waals surface area contributed by atoms with Crippen LogP contribution in [-0.2, 0) is 13.0 Å². The number of benzene rings is 1. The Morgan fingerprint density at radius 3 is 2.76 bits per heavy atom. The molecule has 154 valence electrons. The van der Waals surface area contributed by atoms with E-state index in [0.717, 1.165) is 65.3 Å². The number of aromatic nitrogens is 2. The van der Waals surface area contributed by atoms with E-state index in [1.54, 1.807) is 11.3 Å². The van der Waals surface area contributed by atoms with E-state index in [2.05, 4.69) is 32.6 Å². The SMILES string of the molecule is CCN(CC)Cc1nc(Oc2cccc3c2CCC[C@@H]3O)c2c(C)c(C)sc2n1. The van der Waals surface area contributed by atoms with Gasteiger partial charge in [0.2, 0.25) is 5.88 Å². The molecule has 5 nitrogen and oxygen atoms in total. The number of aryl methyl sites for hydroxylation is 2. The van der Waals surface area contributed by atoms with Crippen LogP contribution < -0.4 is 4.74 Å². The number of rotatable bonds is 6. The van der Waals surface area contributed by atoms with Gasteiger partial charge in [-0.3, -0.25) is 4.90 Å². The van der Waals surface area contributed by atoms with Gasteiger partial charge in [0, 0.05) is 10.4 Å². The van der Waals surface area contributed by atoms with Crippen molar-refractivity contribution in [3.63, 3.8) is 0 Å². The molecule has 6 heteroatoms. The maximum atomic E-state index is 10.4. The first-order valence-electron chi connectivity index (χ1n) is 10.5. The number of hydrogen-bond acceptors (Lipinski definition) is 6. The Morgan fingerprint density at radius 1 is 1.21 bits per heavy atom.